The Morgan fingerprint density at radius 2 is 1.74 bits per heavy atom. The third-order valence-corrected chi connectivity index (χ3v) is 7.11. The molecule has 1 aliphatic heterocycles. The van der Waals surface area contributed by atoms with E-state index in [0.717, 1.165) is 5.57 Å². The van der Waals surface area contributed by atoms with Crippen molar-refractivity contribution in [2.45, 2.75) is 65.5 Å². The average Bonchev–Trinajstić information content (AvgIpc) is 2.87. The second-order valence-electron chi connectivity index (χ2n) is 10.2. The van der Waals surface area contributed by atoms with Crippen LogP contribution in [-0.4, -0.2) is 59.9 Å². The molecule has 0 saturated carbocycles. The monoisotopic (exact) mass is 546 g/mol. The number of aliphatic hydroxyl groups is 1. The molecule has 10 heteroatoms. The molecular formula is C29H42N2O8. The van der Waals surface area contributed by atoms with Crippen LogP contribution in [0.25, 0.3) is 0 Å². The van der Waals surface area contributed by atoms with Gasteiger partial charge in [-0.25, -0.2) is 4.79 Å². The fourth-order valence-corrected chi connectivity index (χ4v) is 4.95. The minimum Gasteiger partial charge on any atom is -0.508 e. The normalized spacial score (nSPS) is 29.2. The van der Waals surface area contributed by atoms with Gasteiger partial charge in [0.05, 0.1) is 24.0 Å². The Bertz CT molecular complexity index is 1110. The van der Waals surface area contributed by atoms with Gasteiger partial charge in [-0.3, -0.25) is 4.79 Å². The number of carbonyl (C=O) groups is 2. The fraction of sp³-hybridized carbons (Fsp3) is 0.517. The number of allylic oxidation sites excluding steroid dienone is 2. The van der Waals surface area contributed by atoms with E-state index in [9.17, 15) is 24.9 Å². The average molecular weight is 547 g/mol. The Balaban J connectivity index is 2.63. The van der Waals surface area contributed by atoms with Crippen molar-refractivity contribution in [1.29, 1.82) is 0 Å². The molecule has 7 unspecified atom stereocenters. The summed E-state index contributed by atoms with van der Waals surface area (Å²) in [5.41, 5.74) is 6.47. The summed E-state index contributed by atoms with van der Waals surface area (Å²) < 4.78 is 17.0. The van der Waals surface area contributed by atoms with E-state index in [1.165, 1.54) is 12.1 Å². The van der Waals surface area contributed by atoms with Gasteiger partial charge in [-0.1, -0.05) is 45.1 Å². The van der Waals surface area contributed by atoms with Crippen LogP contribution in [0.2, 0.25) is 0 Å². The smallest absolute Gasteiger partial charge is 0.405 e. The van der Waals surface area contributed by atoms with E-state index in [1.54, 1.807) is 46.3 Å². The number of carbonyl (C=O) groups excluding carboxylic acids is 2. The SMILES string of the molecule is COC1CC(C)C(O)c2cc(O)cc(c2O)NC(=O)C(C)=CC=CC(C)C(OC(N)=O)C(C)=CC(C)C1OC. The molecule has 1 aliphatic rings. The van der Waals surface area contributed by atoms with Crippen molar-refractivity contribution < 1.29 is 39.1 Å². The van der Waals surface area contributed by atoms with Crippen molar-refractivity contribution in [3.63, 3.8) is 0 Å². The maximum atomic E-state index is 12.8. The molecule has 7 atom stereocenters. The topological polar surface area (TPSA) is 161 Å². The lowest BCUT2D eigenvalue weighted by molar-refractivity contribution is -0.112. The minimum atomic E-state index is -1.19. The summed E-state index contributed by atoms with van der Waals surface area (Å²) in [4.78, 5) is 24.5. The Kier molecular flexibility index (Phi) is 11.6. The number of benzene rings is 1. The summed E-state index contributed by atoms with van der Waals surface area (Å²) in [6.45, 7) is 9.03. The highest BCUT2D eigenvalue weighted by Gasteiger charge is 2.32. The molecule has 1 aromatic rings. The van der Waals surface area contributed by atoms with Gasteiger partial charge >= 0.3 is 6.09 Å². The molecule has 0 aliphatic carbocycles. The number of aliphatic hydroxyl groups excluding tert-OH is 1. The number of nitrogens with two attached hydrogens (primary N) is 1. The third kappa shape index (κ3) is 8.32. The number of phenols is 2. The standard InChI is InChI=1S/C29H42N2O8/c1-15-9-8-10-16(2)28(35)31-22-14-20(32)13-21(25(22)34)24(33)17(3)12-23(37-6)27(38-7)19(5)11-18(4)26(15)39-29(30)36/h8-11,13-15,17,19,23-24,26-27,32-34H,12H2,1-7H3,(H2,30,36)(H,31,35). The van der Waals surface area contributed by atoms with Crippen molar-refractivity contribution in [2.24, 2.45) is 23.5 Å². The van der Waals surface area contributed by atoms with Crippen LogP contribution < -0.4 is 11.1 Å². The van der Waals surface area contributed by atoms with Crippen LogP contribution in [0, 0.1) is 17.8 Å². The maximum Gasteiger partial charge on any atom is 0.405 e. The van der Waals surface area contributed by atoms with Crippen LogP contribution in [0.15, 0.2) is 47.6 Å². The molecule has 6 N–H and O–H groups in total. The molecule has 0 saturated heterocycles. The van der Waals surface area contributed by atoms with Gasteiger partial charge in [0.2, 0.25) is 0 Å². The van der Waals surface area contributed by atoms with Crippen LogP contribution in [0.5, 0.6) is 11.5 Å². The van der Waals surface area contributed by atoms with Gasteiger partial charge in [-0.05, 0) is 37.8 Å². The summed E-state index contributed by atoms with van der Waals surface area (Å²) in [5.74, 6) is -2.00. The summed E-state index contributed by atoms with van der Waals surface area (Å²) in [7, 11) is 3.12. The highest BCUT2D eigenvalue weighted by Crippen LogP contribution is 2.40. The summed E-state index contributed by atoms with van der Waals surface area (Å²) in [6, 6.07) is 2.48. The molecule has 0 aromatic heterocycles. The lowest BCUT2D eigenvalue weighted by Crippen LogP contribution is -2.37. The van der Waals surface area contributed by atoms with Crippen LogP contribution >= 0.6 is 0 Å². The molecule has 1 aromatic carbocycles. The van der Waals surface area contributed by atoms with Gasteiger partial charge in [-0.15, -0.1) is 0 Å². The summed E-state index contributed by atoms with van der Waals surface area (Å²) in [5, 5.41) is 34.9. The summed E-state index contributed by atoms with van der Waals surface area (Å²) >= 11 is 0. The van der Waals surface area contributed by atoms with Gasteiger partial charge in [0.25, 0.3) is 5.91 Å². The first-order valence-electron chi connectivity index (χ1n) is 12.9. The number of hydrogen-bond donors (Lipinski definition) is 5. The fourth-order valence-electron chi connectivity index (χ4n) is 4.95. The number of nitrogens with one attached hydrogen (secondary N) is 1. The third-order valence-electron chi connectivity index (χ3n) is 7.11. The molecule has 216 valence electrons. The van der Waals surface area contributed by atoms with E-state index in [1.807, 2.05) is 26.8 Å². The van der Waals surface area contributed by atoms with Crippen molar-refractivity contribution in [1.82, 2.24) is 0 Å². The maximum absolute atomic E-state index is 12.8. The Morgan fingerprint density at radius 3 is 2.33 bits per heavy atom. The molecule has 10 nitrogen and oxygen atoms in total. The quantitative estimate of drug-likeness (QED) is 0.213. The van der Waals surface area contributed by atoms with E-state index in [2.05, 4.69) is 5.32 Å². The molecule has 0 radical (unpaired) electrons. The van der Waals surface area contributed by atoms with Crippen molar-refractivity contribution >= 4 is 17.7 Å². The Morgan fingerprint density at radius 1 is 1.08 bits per heavy atom. The minimum absolute atomic E-state index is 0.0364. The van der Waals surface area contributed by atoms with Gasteiger partial charge in [0.1, 0.15) is 17.6 Å². The number of aromatic hydroxyl groups is 2. The van der Waals surface area contributed by atoms with E-state index in [0.29, 0.717) is 12.0 Å². The molecule has 0 spiro atoms. The first-order chi connectivity index (χ1) is 18.3. The molecule has 1 heterocycles. The zero-order valence-corrected chi connectivity index (χ0v) is 23.7. The van der Waals surface area contributed by atoms with E-state index in [-0.39, 0.29) is 34.6 Å². The zero-order valence-electron chi connectivity index (χ0n) is 23.7. The zero-order chi connectivity index (χ0) is 29.4. The van der Waals surface area contributed by atoms with Crippen molar-refractivity contribution in [2.75, 3.05) is 19.5 Å². The molecule has 39 heavy (non-hydrogen) atoms. The van der Waals surface area contributed by atoms with Crippen LogP contribution in [0.3, 0.4) is 0 Å². The second kappa shape index (κ2) is 14.2. The number of amides is 2. The lowest BCUT2D eigenvalue weighted by atomic mass is 9.86. The second-order valence-corrected chi connectivity index (χ2v) is 10.2. The number of methoxy groups -OCH3 is 2. The highest BCUT2D eigenvalue weighted by molar-refractivity contribution is 6.04. The number of anilines is 1. The number of primary amides is 1. The first kappa shape index (κ1) is 31.9. The largest absolute Gasteiger partial charge is 0.508 e. The number of rotatable bonds is 3. The van der Waals surface area contributed by atoms with Crippen molar-refractivity contribution in [3.8, 4) is 11.5 Å². The predicted octanol–water partition coefficient (Wildman–Crippen LogP) is 4.32. The molecule has 2 bridgehead atoms. The van der Waals surface area contributed by atoms with Gasteiger partial charge in [0.15, 0.2) is 0 Å². The van der Waals surface area contributed by atoms with Crippen LogP contribution in [0.4, 0.5) is 10.5 Å². The molecule has 2 rings (SSSR count). The number of phenolic OH excluding ortho intramolecular Hbond substituents is 2. The lowest BCUT2D eigenvalue weighted by Gasteiger charge is -2.32. The first-order valence-corrected chi connectivity index (χ1v) is 12.9. The Labute approximate surface area is 230 Å². The van der Waals surface area contributed by atoms with Gasteiger partial charge in [-0.2, -0.15) is 0 Å². The van der Waals surface area contributed by atoms with E-state index < -0.39 is 42.3 Å². The van der Waals surface area contributed by atoms with Gasteiger partial charge in [0, 0.05) is 43.3 Å². The van der Waals surface area contributed by atoms with Crippen LogP contribution in [-0.2, 0) is 19.0 Å². The summed E-state index contributed by atoms with van der Waals surface area (Å²) in [6.07, 6.45) is 3.66. The van der Waals surface area contributed by atoms with Crippen molar-refractivity contribution in [3.05, 3.63) is 53.1 Å². The molecule has 0 fully saturated rings. The number of hydrogen-bond acceptors (Lipinski definition) is 8. The molecule has 2 amide bonds. The van der Waals surface area contributed by atoms with Crippen LogP contribution in [0.1, 0.15) is 52.7 Å². The van der Waals surface area contributed by atoms with E-state index in [4.69, 9.17) is 19.9 Å². The Hall–Kier alpha value is -3.34. The number of ether oxygens (including phenoxy) is 3. The number of fused-ring (bicyclic) bond motifs is 2. The molecular weight excluding hydrogens is 504 g/mol. The van der Waals surface area contributed by atoms with Gasteiger partial charge < -0.3 is 40.6 Å². The van der Waals surface area contributed by atoms with E-state index >= 15 is 0 Å². The predicted molar refractivity (Wildman–Crippen MR) is 148 cm³/mol. The highest BCUT2D eigenvalue weighted by atomic mass is 16.6.